The van der Waals surface area contributed by atoms with Crippen molar-refractivity contribution in [2.24, 2.45) is 5.73 Å². The largest absolute Gasteiger partial charge is 0.486 e. The lowest BCUT2D eigenvalue weighted by Crippen LogP contribution is -2.47. The second-order valence-corrected chi connectivity index (χ2v) is 4.32. The predicted molar refractivity (Wildman–Crippen MR) is 62.3 cm³/mol. The average Bonchev–Trinajstić information content (AvgIpc) is 2.24. The number of ether oxygens (including phenoxy) is 1. The Bertz CT molecular complexity index is 425. The van der Waals surface area contributed by atoms with Crippen LogP contribution in [-0.2, 0) is 0 Å². The van der Waals surface area contributed by atoms with Crippen molar-refractivity contribution in [2.45, 2.75) is 25.5 Å². The van der Waals surface area contributed by atoms with Gasteiger partial charge in [0.1, 0.15) is 23.4 Å². The summed E-state index contributed by atoms with van der Waals surface area (Å²) in [7, 11) is 1.77. The van der Waals surface area contributed by atoms with Crippen LogP contribution in [0, 0.1) is 11.6 Å². The van der Waals surface area contributed by atoms with E-state index in [0.717, 1.165) is 6.07 Å². The van der Waals surface area contributed by atoms with Crippen molar-refractivity contribution in [1.29, 1.82) is 0 Å². The molecule has 1 aromatic carbocycles. The zero-order valence-corrected chi connectivity index (χ0v) is 9.91. The van der Waals surface area contributed by atoms with Gasteiger partial charge in [-0.25, -0.2) is 8.78 Å². The minimum absolute atomic E-state index is 0.00557. The van der Waals surface area contributed by atoms with Crippen LogP contribution in [0.4, 0.5) is 14.5 Å². The highest BCUT2D eigenvalue weighted by Crippen LogP contribution is 2.38. The fraction of sp³-hybridized carbons (Fsp3) is 0.500. The third kappa shape index (κ3) is 2.07. The van der Waals surface area contributed by atoms with Gasteiger partial charge in [0.25, 0.3) is 0 Å². The van der Waals surface area contributed by atoms with Gasteiger partial charge >= 0.3 is 0 Å². The minimum Gasteiger partial charge on any atom is -0.486 e. The van der Waals surface area contributed by atoms with Gasteiger partial charge in [-0.3, -0.25) is 0 Å². The van der Waals surface area contributed by atoms with Crippen LogP contribution in [0.25, 0.3) is 0 Å². The Morgan fingerprint density at radius 2 is 2.12 bits per heavy atom. The summed E-state index contributed by atoms with van der Waals surface area (Å²) in [5.41, 5.74) is 5.81. The lowest BCUT2D eigenvalue weighted by Gasteiger charge is -2.39. The first-order chi connectivity index (χ1) is 8.04. The molecule has 2 rings (SSSR count). The molecule has 94 valence electrons. The van der Waals surface area contributed by atoms with E-state index in [1.807, 2.05) is 6.92 Å². The van der Waals surface area contributed by atoms with E-state index in [-0.39, 0.29) is 17.9 Å². The van der Waals surface area contributed by atoms with Crippen LogP contribution < -0.4 is 15.4 Å². The lowest BCUT2D eigenvalue weighted by atomic mass is 10.0. The maximum Gasteiger partial charge on any atom is 0.153 e. The van der Waals surface area contributed by atoms with E-state index in [2.05, 4.69) is 0 Å². The molecule has 2 unspecified atom stereocenters. The normalized spacial score (nSPS) is 23.2. The number of hydrogen-bond acceptors (Lipinski definition) is 3. The first-order valence-corrected chi connectivity index (χ1v) is 5.63. The van der Waals surface area contributed by atoms with Crippen molar-refractivity contribution in [3.63, 3.8) is 0 Å². The molecule has 3 nitrogen and oxygen atoms in total. The SMILES string of the molecule is CC1C(CCN)Oc2cc(F)cc(F)c2N1C. The highest BCUT2D eigenvalue weighted by atomic mass is 19.1. The summed E-state index contributed by atoms with van der Waals surface area (Å²) >= 11 is 0. The molecule has 1 aliphatic heterocycles. The van der Waals surface area contributed by atoms with E-state index < -0.39 is 11.6 Å². The summed E-state index contributed by atoms with van der Waals surface area (Å²) in [6.45, 7) is 2.42. The van der Waals surface area contributed by atoms with Crippen molar-refractivity contribution in [3.05, 3.63) is 23.8 Å². The molecule has 5 heteroatoms. The van der Waals surface area contributed by atoms with Crippen LogP contribution in [0.15, 0.2) is 12.1 Å². The maximum absolute atomic E-state index is 13.7. The fourth-order valence-electron chi connectivity index (χ4n) is 2.15. The molecule has 0 aromatic heterocycles. The Morgan fingerprint density at radius 3 is 2.76 bits per heavy atom. The van der Waals surface area contributed by atoms with Crippen LogP contribution in [-0.4, -0.2) is 25.7 Å². The Labute approximate surface area is 99.2 Å². The van der Waals surface area contributed by atoms with E-state index in [1.54, 1.807) is 11.9 Å². The Kier molecular flexibility index (Phi) is 3.19. The zero-order valence-electron chi connectivity index (χ0n) is 9.91. The molecule has 0 fully saturated rings. The molecule has 1 aliphatic rings. The molecular weight excluding hydrogens is 226 g/mol. The summed E-state index contributed by atoms with van der Waals surface area (Å²) < 4.78 is 32.4. The van der Waals surface area contributed by atoms with Gasteiger partial charge in [-0.05, 0) is 19.9 Å². The van der Waals surface area contributed by atoms with Crippen LogP contribution in [0.1, 0.15) is 13.3 Å². The average molecular weight is 242 g/mol. The Morgan fingerprint density at radius 1 is 1.41 bits per heavy atom. The van der Waals surface area contributed by atoms with E-state index in [1.165, 1.54) is 6.07 Å². The van der Waals surface area contributed by atoms with E-state index in [9.17, 15) is 8.78 Å². The molecule has 0 radical (unpaired) electrons. The molecule has 2 atom stereocenters. The number of likely N-dealkylation sites (N-methyl/N-ethyl adjacent to an activating group) is 1. The molecule has 1 heterocycles. The van der Waals surface area contributed by atoms with Crippen molar-refractivity contribution in [3.8, 4) is 5.75 Å². The predicted octanol–water partition coefficient (Wildman–Crippen LogP) is 1.90. The molecule has 17 heavy (non-hydrogen) atoms. The number of hydrogen-bond donors (Lipinski definition) is 1. The van der Waals surface area contributed by atoms with Gasteiger partial charge in [-0.15, -0.1) is 0 Å². The van der Waals surface area contributed by atoms with Crippen LogP contribution >= 0.6 is 0 Å². The highest BCUT2D eigenvalue weighted by Gasteiger charge is 2.32. The summed E-state index contributed by atoms with van der Waals surface area (Å²) in [4.78, 5) is 1.77. The second-order valence-electron chi connectivity index (χ2n) is 4.32. The van der Waals surface area contributed by atoms with E-state index >= 15 is 0 Å². The summed E-state index contributed by atoms with van der Waals surface area (Å²) in [5, 5.41) is 0. The lowest BCUT2D eigenvalue weighted by molar-refractivity contribution is 0.152. The highest BCUT2D eigenvalue weighted by molar-refractivity contribution is 5.61. The third-order valence-corrected chi connectivity index (χ3v) is 3.22. The van der Waals surface area contributed by atoms with E-state index in [4.69, 9.17) is 10.5 Å². The molecule has 2 N–H and O–H groups in total. The van der Waals surface area contributed by atoms with Crippen LogP contribution in [0.5, 0.6) is 5.75 Å². The van der Waals surface area contributed by atoms with Gasteiger partial charge in [0.2, 0.25) is 0 Å². The quantitative estimate of drug-likeness (QED) is 0.860. The van der Waals surface area contributed by atoms with Gasteiger partial charge in [0.05, 0.1) is 6.04 Å². The van der Waals surface area contributed by atoms with Crippen molar-refractivity contribution in [2.75, 3.05) is 18.5 Å². The number of benzene rings is 1. The third-order valence-electron chi connectivity index (χ3n) is 3.22. The topological polar surface area (TPSA) is 38.5 Å². The summed E-state index contributed by atoms with van der Waals surface area (Å²) in [5.74, 6) is -0.974. The van der Waals surface area contributed by atoms with Crippen molar-refractivity contribution in [1.82, 2.24) is 0 Å². The monoisotopic (exact) mass is 242 g/mol. The summed E-state index contributed by atoms with van der Waals surface area (Å²) in [6.07, 6.45) is 0.516. The summed E-state index contributed by atoms with van der Waals surface area (Å²) in [6, 6.07) is 2.09. The van der Waals surface area contributed by atoms with E-state index in [0.29, 0.717) is 18.7 Å². The van der Waals surface area contributed by atoms with Gasteiger partial charge in [-0.2, -0.15) is 0 Å². The molecule has 0 saturated heterocycles. The molecular formula is C12H16F2N2O. The molecule has 0 aliphatic carbocycles. The molecule has 0 spiro atoms. The van der Waals surface area contributed by atoms with Crippen molar-refractivity contribution < 1.29 is 13.5 Å². The van der Waals surface area contributed by atoms with Gasteiger partial charge in [0, 0.05) is 19.2 Å². The number of fused-ring (bicyclic) bond motifs is 1. The number of rotatable bonds is 2. The molecule has 0 bridgehead atoms. The van der Waals surface area contributed by atoms with Gasteiger partial charge < -0.3 is 15.4 Å². The first kappa shape index (κ1) is 12.1. The first-order valence-electron chi connectivity index (χ1n) is 5.63. The number of nitrogens with two attached hydrogens (primary N) is 1. The Balaban J connectivity index is 2.41. The Hall–Kier alpha value is -1.36. The number of anilines is 1. The number of halogens is 2. The van der Waals surface area contributed by atoms with Crippen molar-refractivity contribution >= 4 is 5.69 Å². The molecule has 1 aromatic rings. The van der Waals surface area contributed by atoms with Gasteiger partial charge in [-0.1, -0.05) is 0 Å². The minimum atomic E-state index is -0.629. The fourth-order valence-corrected chi connectivity index (χ4v) is 2.15. The standard InChI is InChI=1S/C12H16F2N2O/c1-7-10(3-4-15)17-11-6-8(13)5-9(14)12(11)16(7)2/h5-7,10H,3-4,15H2,1-2H3. The van der Waals surface area contributed by atoms with Crippen LogP contribution in [0.2, 0.25) is 0 Å². The maximum atomic E-state index is 13.7. The van der Waals surface area contributed by atoms with Crippen LogP contribution in [0.3, 0.4) is 0 Å². The molecule has 0 amide bonds. The zero-order chi connectivity index (χ0) is 12.6. The van der Waals surface area contributed by atoms with Gasteiger partial charge in [0.15, 0.2) is 5.82 Å². The number of nitrogens with zero attached hydrogens (tertiary/aromatic N) is 1. The molecule has 0 saturated carbocycles. The second kappa shape index (κ2) is 4.49. The smallest absolute Gasteiger partial charge is 0.153 e.